The van der Waals surface area contributed by atoms with E-state index in [1.165, 1.54) is 0 Å². The van der Waals surface area contributed by atoms with Crippen molar-refractivity contribution in [1.82, 2.24) is 0 Å². The van der Waals surface area contributed by atoms with E-state index in [9.17, 15) is 4.79 Å². The van der Waals surface area contributed by atoms with Crippen molar-refractivity contribution in [3.8, 4) is 0 Å². The van der Waals surface area contributed by atoms with Crippen LogP contribution in [0.15, 0.2) is 0 Å². The lowest BCUT2D eigenvalue weighted by molar-refractivity contribution is -0.514. The highest BCUT2D eigenvalue weighted by molar-refractivity contribution is 5.58. The lowest BCUT2D eigenvalue weighted by Gasteiger charge is -2.14. The first-order valence-corrected chi connectivity index (χ1v) is 4.65. The fraction of sp³-hybridized carbons (Fsp3) is 0.889. The van der Waals surface area contributed by atoms with Crippen molar-refractivity contribution in [3.05, 3.63) is 0 Å². The lowest BCUT2D eigenvalue weighted by Crippen LogP contribution is -2.21. The van der Waals surface area contributed by atoms with Gasteiger partial charge >= 0.3 is 6.16 Å². The molecule has 0 heterocycles. The molecule has 0 spiro atoms. The summed E-state index contributed by atoms with van der Waals surface area (Å²) in [5.74, 6) is 0. The Kier molecular flexibility index (Phi) is 6.23. The van der Waals surface area contributed by atoms with Crippen molar-refractivity contribution in [2.24, 2.45) is 0 Å². The second kappa shape index (κ2) is 6.62. The Bertz CT molecular complexity index is 161. The van der Waals surface area contributed by atoms with Gasteiger partial charge < -0.3 is 4.74 Å². The molecular formula is C9H18O5. The van der Waals surface area contributed by atoms with Gasteiger partial charge in [-0.2, -0.15) is 4.89 Å². The van der Waals surface area contributed by atoms with E-state index in [0.29, 0.717) is 6.61 Å². The molecule has 0 rings (SSSR count). The topological polar surface area (TPSA) is 54.0 Å². The predicted molar refractivity (Wildman–Crippen MR) is 49.3 cm³/mol. The molecule has 0 aliphatic rings. The summed E-state index contributed by atoms with van der Waals surface area (Å²) in [6.07, 6.45) is 0.865. The molecule has 0 aliphatic heterocycles. The Morgan fingerprint density at radius 1 is 1.29 bits per heavy atom. The van der Waals surface area contributed by atoms with E-state index in [1.807, 2.05) is 6.92 Å². The Morgan fingerprint density at radius 3 is 2.43 bits per heavy atom. The molecule has 0 atom stereocenters. The molecule has 0 amide bonds. The first-order valence-electron chi connectivity index (χ1n) is 4.65. The van der Waals surface area contributed by atoms with Crippen LogP contribution in [-0.4, -0.2) is 18.4 Å². The Hall–Kier alpha value is -0.810. The molecule has 0 unspecified atom stereocenters. The predicted octanol–water partition coefficient (Wildman–Crippen LogP) is 2.60. The standard InChI is InChI=1S/C9H18O5/c1-5-6-7-11-8(10)12-14-13-9(2,3)4/h5-7H2,1-4H3. The normalized spacial score (nSPS) is 11.1. The maximum Gasteiger partial charge on any atom is 0.542 e. The smallest absolute Gasteiger partial charge is 0.432 e. The van der Waals surface area contributed by atoms with Crippen molar-refractivity contribution in [2.75, 3.05) is 6.61 Å². The van der Waals surface area contributed by atoms with Gasteiger partial charge in [0.15, 0.2) is 0 Å². The highest BCUT2D eigenvalue weighted by Gasteiger charge is 2.14. The van der Waals surface area contributed by atoms with Gasteiger partial charge in [0, 0.05) is 0 Å². The van der Waals surface area contributed by atoms with Crippen LogP contribution in [0.1, 0.15) is 40.5 Å². The second-order valence-electron chi connectivity index (χ2n) is 3.80. The minimum Gasteiger partial charge on any atom is -0.432 e. The monoisotopic (exact) mass is 206 g/mol. The minimum absolute atomic E-state index is 0.328. The van der Waals surface area contributed by atoms with Crippen molar-refractivity contribution in [2.45, 2.75) is 46.1 Å². The molecule has 0 aromatic heterocycles. The Balaban J connectivity index is 3.36. The molecule has 0 bridgehead atoms. The van der Waals surface area contributed by atoms with Gasteiger partial charge in [-0.3, -0.25) is 0 Å². The fourth-order valence-electron chi connectivity index (χ4n) is 0.471. The average Bonchev–Trinajstić information content (AvgIpc) is 2.02. The Morgan fingerprint density at radius 2 is 1.93 bits per heavy atom. The van der Waals surface area contributed by atoms with Crippen LogP contribution in [0.2, 0.25) is 0 Å². The zero-order chi connectivity index (χ0) is 11.0. The number of hydrogen-bond acceptors (Lipinski definition) is 5. The molecule has 0 N–H and O–H groups in total. The van der Waals surface area contributed by atoms with Gasteiger partial charge in [-0.05, 0) is 32.2 Å². The number of hydrogen-bond donors (Lipinski definition) is 0. The van der Waals surface area contributed by atoms with Crippen molar-refractivity contribution in [3.63, 3.8) is 0 Å². The highest BCUT2D eigenvalue weighted by atomic mass is 17.5. The summed E-state index contributed by atoms with van der Waals surface area (Å²) < 4.78 is 4.63. The summed E-state index contributed by atoms with van der Waals surface area (Å²) in [6.45, 7) is 7.61. The summed E-state index contributed by atoms with van der Waals surface area (Å²) in [4.78, 5) is 19.6. The molecular weight excluding hydrogens is 188 g/mol. The quantitative estimate of drug-likeness (QED) is 0.299. The van der Waals surface area contributed by atoms with Gasteiger partial charge in [0.2, 0.25) is 0 Å². The molecule has 5 heteroatoms. The largest absolute Gasteiger partial charge is 0.542 e. The molecule has 84 valence electrons. The van der Waals surface area contributed by atoms with E-state index >= 15 is 0 Å². The van der Waals surface area contributed by atoms with Gasteiger partial charge in [0.1, 0.15) is 0 Å². The summed E-state index contributed by atoms with van der Waals surface area (Å²) >= 11 is 0. The summed E-state index contributed by atoms with van der Waals surface area (Å²) in [6, 6.07) is 0. The summed E-state index contributed by atoms with van der Waals surface area (Å²) in [5.41, 5.74) is -0.524. The van der Waals surface area contributed by atoms with Gasteiger partial charge in [-0.25, -0.2) is 9.68 Å². The van der Waals surface area contributed by atoms with Crippen LogP contribution in [-0.2, 0) is 19.6 Å². The molecule has 5 nitrogen and oxygen atoms in total. The van der Waals surface area contributed by atoms with Crippen LogP contribution in [0, 0.1) is 0 Å². The van der Waals surface area contributed by atoms with Crippen LogP contribution in [0.5, 0.6) is 0 Å². The zero-order valence-electron chi connectivity index (χ0n) is 9.16. The number of carbonyl (C=O) groups is 1. The van der Waals surface area contributed by atoms with E-state index in [1.54, 1.807) is 20.8 Å². The second-order valence-corrected chi connectivity index (χ2v) is 3.80. The molecule has 0 radical (unpaired) electrons. The number of unbranched alkanes of at least 4 members (excludes halogenated alkanes) is 1. The third-order valence-corrected chi connectivity index (χ3v) is 1.10. The van der Waals surface area contributed by atoms with Crippen LogP contribution in [0.3, 0.4) is 0 Å². The van der Waals surface area contributed by atoms with Crippen molar-refractivity contribution < 1.29 is 24.3 Å². The molecule has 0 saturated carbocycles. The van der Waals surface area contributed by atoms with E-state index in [4.69, 9.17) is 0 Å². The molecule has 0 aromatic rings. The molecule has 0 fully saturated rings. The lowest BCUT2D eigenvalue weighted by atomic mass is 10.2. The molecule has 0 aliphatic carbocycles. The van der Waals surface area contributed by atoms with E-state index in [2.05, 4.69) is 19.6 Å². The van der Waals surface area contributed by atoms with E-state index < -0.39 is 11.8 Å². The van der Waals surface area contributed by atoms with Crippen molar-refractivity contribution >= 4 is 6.16 Å². The van der Waals surface area contributed by atoms with Crippen LogP contribution >= 0.6 is 0 Å². The van der Waals surface area contributed by atoms with Crippen LogP contribution in [0.4, 0.5) is 4.79 Å². The molecule has 14 heavy (non-hydrogen) atoms. The minimum atomic E-state index is -0.886. The number of rotatable bonds is 5. The third kappa shape index (κ3) is 9.28. The zero-order valence-corrected chi connectivity index (χ0v) is 9.16. The fourth-order valence-corrected chi connectivity index (χ4v) is 0.471. The summed E-state index contributed by atoms with van der Waals surface area (Å²) in [5, 5.41) is 4.22. The summed E-state index contributed by atoms with van der Waals surface area (Å²) in [7, 11) is 0. The highest BCUT2D eigenvalue weighted by Crippen LogP contribution is 2.07. The van der Waals surface area contributed by atoms with Gasteiger partial charge in [0.05, 0.1) is 12.2 Å². The maximum absolute atomic E-state index is 10.8. The van der Waals surface area contributed by atoms with Crippen molar-refractivity contribution in [1.29, 1.82) is 0 Å². The third-order valence-electron chi connectivity index (χ3n) is 1.10. The molecule has 0 saturated heterocycles. The van der Waals surface area contributed by atoms with Gasteiger partial charge in [-0.15, -0.1) is 0 Å². The Labute approximate surface area is 84.1 Å². The van der Waals surface area contributed by atoms with E-state index in [0.717, 1.165) is 12.8 Å². The average molecular weight is 206 g/mol. The van der Waals surface area contributed by atoms with E-state index in [-0.39, 0.29) is 0 Å². The number of carbonyl (C=O) groups excluding carboxylic acids is 1. The molecule has 0 aromatic carbocycles. The first kappa shape index (κ1) is 13.2. The number of ether oxygens (including phenoxy) is 1. The van der Waals surface area contributed by atoms with Gasteiger partial charge in [-0.1, -0.05) is 13.3 Å². The maximum atomic E-state index is 10.8. The van der Waals surface area contributed by atoms with Gasteiger partial charge in [0.25, 0.3) is 0 Å². The first-order chi connectivity index (χ1) is 6.45. The van der Waals surface area contributed by atoms with Crippen LogP contribution < -0.4 is 0 Å². The SMILES string of the molecule is CCCCOC(=O)OOOC(C)(C)C. The van der Waals surface area contributed by atoms with Crippen LogP contribution in [0.25, 0.3) is 0 Å².